The van der Waals surface area contributed by atoms with Crippen molar-refractivity contribution in [3.63, 3.8) is 0 Å². The molecule has 0 radical (unpaired) electrons. The zero-order valence-corrected chi connectivity index (χ0v) is 14.0. The van der Waals surface area contributed by atoms with Crippen molar-refractivity contribution in [1.29, 1.82) is 0 Å². The predicted octanol–water partition coefficient (Wildman–Crippen LogP) is 3.83. The van der Waals surface area contributed by atoms with Crippen LogP contribution in [0, 0.1) is 0 Å². The first-order valence-corrected chi connectivity index (χ1v) is 7.83. The van der Waals surface area contributed by atoms with Crippen molar-refractivity contribution in [2.45, 2.75) is 0 Å². The second-order valence-electron chi connectivity index (χ2n) is 4.70. The highest BCUT2D eigenvalue weighted by Gasteiger charge is 2.08. The fourth-order valence-electron chi connectivity index (χ4n) is 1.88. The van der Waals surface area contributed by atoms with E-state index < -0.39 is 0 Å². The van der Waals surface area contributed by atoms with E-state index in [2.05, 4.69) is 21.2 Å². The highest BCUT2D eigenvalue weighted by molar-refractivity contribution is 9.10. The van der Waals surface area contributed by atoms with Gasteiger partial charge in [-0.05, 0) is 55.6 Å². The molecular weight excluding hydrogens is 342 g/mol. The minimum absolute atomic E-state index is 0.00738. The van der Waals surface area contributed by atoms with Crippen molar-refractivity contribution < 1.29 is 9.53 Å². The molecule has 22 heavy (non-hydrogen) atoms. The fraction of sp³-hybridized carbons (Fsp3) is 0.167. The molecule has 0 aromatic heterocycles. The summed E-state index contributed by atoms with van der Waals surface area (Å²) < 4.78 is 6.53. The van der Waals surface area contributed by atoms with Gasteiger partial charge in [0, 0.05) is 22.1 Å². The monoisotopic (exact) mass is 359 g/mol. The lowest BCUT2D eigenvalue weighted by atomic mass is 10.0. The van der Waals surface area contributed by atoms with Crippen LogP contribution in [0.15, 0.2) is 65.2 Å². The maximum absolute atomic E-state index is 12.3. The predicted molar refractivity (Wildman–Crippen MR) is 92.6 cm³/mol. The molecule has 2 aromatic carbocycles. The average molecular weight is 360 g/mol. The summed E-state index contributed by atoms with van der Waals surface area (Å²) >= 11 is 3.36. The summed E-state index contributed by atoms with van der Waals surface area (Å²) in [4.78, 5) is 12.3. The topological polar surface area (TPSA) is 38.3 Å². The average Bonchev–Trinajstić information content (AvgIpc) is 2.55. The Kier molecular flexibility index (Phi) is 6.37. The van der Waals surface area contributed by atoms with Crippen LogP contribution in [-0.4, -0.2) is 26.0 Å². The van der Waals surface area contributed by atoms with Gasteiger partial charge in [0.05, 0.1) is 0 Å². The minimum atomic E-state index is 0.00738. The molecule has 0 atom stereocenters. The molecule has 0 fully saturated rings. The maximum Gasteiger partial charge on any atom is 0.193 e. The van der Waals surface area contributed by atoms with Crippen molar-refractivity contribution in [3.8, 4) is 5.75 Å². The number of nitrogens with one attached hydrogen (secondary N) is 1. The van der Waals surface area contributed by atoms with Crippen LogP contribution in [0.25, 0.3) is 0 Å². The van der Waals surface area contributed by atoms with Crippen LogP contribution < -0.4 is 10.1 Å². The summed E-state index contributed by atoms with van der Waals surface area (Å²) in [5.74, 6) is 0.759. The molecule has 0 amide bonds. The van der Waals surface area contributed by atoms with E-state index in [9.17, 15) is 4.79 Å². The van der Waals surface area contributed by atoms with Gasteiger partial charge in [-0.1, -0.05) is 28.1 Å². The van der Waals surface area contributed by atoms with E-state index in [-0.39, 0.29) is 5.78 Å². The number of carbonyl (C=O) groups excluding carboxylic acids is 1. The van der Waals surface area contributed by atoms with Gasteiger partial charge in [0.2, 0.25) is 0 Å². The Bertz CT molecular complexity index is 633. The lowest BCUT2D eigenvalue weighted by molar-refractivity contribution is 0.103. The van der Waals surface area contributed by atoms with E-state index in [1.165, 1.54) is 0 Å². The van der Waals surface area contributed by atoms with E-state index in [1.807, 2.05) is 55.6 Å². The van der Waals surface area contributed by atoms with Gasteiger partial charge in [0.1, 0.15) is 12.4 Å². The number of hydrogen-bond acceptors (Lipinski definition) is 3. The van der Waals surface area contributed by atoms with E-state index in [1.54, 1.807) is 12.1 Å². The van der Waals surface area contributed by atoms with Crippen molar-refractivity contribution in [1.82, 2.24) is 5.32 Å². The summed E-state index contributed by atoms with van der Waals surface area (Å²) in [7, 11) is 1.90. The molecule has 4 heteroatoms. The molecule has 2 aromatic rings. The number of rotatable bonds is 7. The number of carbonyl (C=O) groups is 1. The number of hydrogen-bond donors (Lipinski definition) is 1. The van der Waals surface area contributed by atoms with Crippen LogP contribution in [0.2, 0.25) is 0 Å². The van der Waals surface area contributed by atoms with E-state index >= 15 is 0 Å². The lowest BCUT2D eigenvalue weighted by Crippen LogP contribution is -2.04. The van der Waals surface area contributed by atoms with E-state index in [0.29, 0.717) is 17.7 Å². The SMILES string of the molecule is CNC/C=C/COc1ccc(C(=O)c2ccc(Br)cc2)cc1. The van der Waals surface area contributed by atoms with Crippen LogP contribution in [0.3, 0.4) is 0 Å². The maximum atomic E-state index is 12.3. The van der Waals surface area contributed by atoms with Crippen LogP contribution in [0.5, 0.6) is 5.75 Å². The quantitative estimate of drug-likeness (QED) is 0.602. The molecule has 0 saturated heterocycles. The Morgan fingerprint density at radius 1 is 1.05 bits per heavy atom. The van der Waals surface area contributed by atoms with E-state index in [0.717, 1.165) is 16.8 Å². The molecule has 3 nitrogen and oxygen atoms in total. The Hall–Kier alpha value is -1.91. The van der Waals surface area contributed by atoms with Gasteiger partial charge in [0.15, 0.2) is 5.78 Å². The number of ether oxygens (including phenoxy) is 1. The van der Waals surface area contributed by atoms with Gasteiger partial charge in [-0.15, -0.1) is 0 Å². The third kappa shape index (κ3) is 4.83. The number of ketones is 1. The fourth-order valence-corrected chi connectivity index (χ4v) is 2.15. The van der Waals surface area contributed by atoms with Crippen molar-refractivity contribution in [2.75, 3.05) is 20.2 Å². The molecule has 114 valence electrons. The van der Waals surface area contributed by atoms with Gasteiger partial charge in [-0.3, -0.25) is 4.79 Å². The first-order chi connectivity index (χ1) is 10.7. The highest BCUT2D eigenvalue weighted by Crippen LogP contribution is 2.17. The first kappa shape index (κ1) is 16.5. The van der Waals surface area contributed by atoms with Gasteiger partial charge in [-0.2, -0.15) is 0 Å². The summed E-state index contributed by atoms with van der Waals surface area (Å²) in [6, 6.07) is 14.6. The lowest BCUT2D eigenvalue weighted by Gasteiger charge is -2.05. The van der Waals surface area contributed by atoms with Gasteiger partial charge in [0.25, 0.3) is 0 Å². The Morgan fingerprint density at radius 3 is 2.23 bits per heavy atom. The third-order valence-electron chi connectivity index (χ3n) is 3.06. The summed E-state index contributed by atoms with van der Waals surface area (Å²) in [6.07, 6.45) is 3.96. The van der Waals surface area contributed by atoms with Gasteiger partial charge in [-0.25, -0.2) is 0 Å². The zero-order chi connectivity index (χ0) is 15.8. The molecule has 0 aliphatic carbocycles. The number of likely N-dealkylation sites (N-methyl/N-ethyl adjacent to an activating group) is 1. The smallest absolute Gasteiger partial charge is 0.193 e. The molecule has 0 heterocycles. The van der Waals surface area contributed by atoms with Crippen molar-refractivity contribution >= 4 is 21.7 Å². The molecule has 0 saturated carbocycles. The number of halogens is 1. The molecule has 0 unspecified atom stereocenters. The highest BCUT2D eigenvalue weighted by atomic mass is 79.9. The third-order valence-corrected chi connectivity index (χ3v) is 3.59. The molecule has 0 spiro atoms. The second-order valence-corrected chi connectivity index (χ2v) is 5.62. The summed E-state index contributed by atoms with van der Waals surface area (Å²) in [5, 5.41) is 3.02. The standard InChI is InChI=1S/C18H18BrNO2/c1-20-12-2-3-13-22-17-10-6-15(7-11-17)18(21)14-4-8-16(19)9-5-14/h2-11,20H,12-13H2,1H3/b3-2+. The zero-order valence-electron chi connectivity index (χ0n) is 12.4. The number of benzene rings is 2. The molecule has 2 rings (SSSR count). The molecule has 0 aliphatic heterocycles. The summed E-state index contributed by atoms with van der Waals surface area (Å²) in [6.45, 7) is 1.34. The van der Waals surface area contributed by atoms with Crippen LogP contribution in [-0.2, 0) is 0 Å². The normalized spacial score (nSPS) is 10.8. The minimum Gasteiger partial charge on any atom is -0.490 e. The van der Waals surface area contributed by atoms with Crippen LogP contribution in [0.4, 0.5) is 0 Å². The molecular formula is C18H18BrNO2. The molecule has 1 N–H and O–H groups in total. The Balaban J connectivity index is 1.96. The molecule has 0 bridgehead atoms. The van der Waals surface area contributed by atoms with Gasteiger partial charge >= 0.3 is 0 Å². The largest absolute Gasteiger partial charge is 0.490 e. The van der Waals surface area contributed by atoms with Gasteiger partial charge < -0.3 is 10.1 Å². The van der Waals surface area contributed by atoms with E-state index in [4.69, 9.17) is 4.74 Å². The molecule has 0 aliphatic rings. The van der Waals surface area contributed by atoms with Crippen LogP contribution in [0.1, 0.15) is 15.9 Å². The summed E-state index contributed by atoms with van der Waals surface area (Å²) in [5.41, 5.74) is 1.33. The van der Waals surface area contributed by atoms with Crippen LogP contribution >= 0.6 is 15.9 Å². The Labute approximate surface area is 139 Å². The van der Waals surface area contributed by atoms with Crippen molar-refractivity contribution in [2.24, 2.45) is 0 Å². The van der Waals surface area contributed by atoms with Crippen molar-refractivity contribution in [3.05, 3.63) is 76.3 Å². The second kappa shape index (κ2) is 8.51. The Morgan fingerprint density at radius 2 is 1.64 bits per heavy atom. The first-order valence-electron chi connectivity index (χ1n) is 7.03.